The van der Waals surface area contributed by atoms with E-state index in [4.69, 9.17) is 16.2 Å². The number of primary amides is 1. The molecular formula is C25H22N8O2. The van der Waals surface area contributed by atoms with Crippen molar-refractivity contribution >= 4 is 34.4 Å². The largest absolute Gasteiger partial charge is 0.436 e. The van der Waals surface area contributed by atoms with Crippen LogP contribution in [0.4, 0.5) is 17.3 Å². The van der Waals surface area contributed by atoms with Gasteiger partial charge in [0.25, 0.3) is 5.88 Å². The first-order valence-electron chi connectivity index (χ1n) is 10.8. The molecule has 0 aliphatic heterocycles. The van der Waals surface area contributed by atoms with Gasteiger partial charge >= 0.3 is 0 Å². The summed E-state index contributed by atoms with van der Waals surface area (Å²) in [6, 6.07) is 14.6. The Balaban J connectivity index is 1.48. The number of nitrogens with one attached hydrogen (secondary N) is 2. The first kappa shape index (κ1) is 21.8. The highest BCUT2D eigenvalue weighted by atomic mass is 16.5. The van der Waals surface area contributed by atoms with Crippen LogP contribution in [0.3, 0.4) is 0 Å². The number of fused-ring (bicyclic) bond motifs is 1. The van der Waals surface area contributed by atoms with Gasteiger partial charge in [-0.05, 0) is 73.5 Å². The Bertz CT molecular complexity index is 1520. The van der Waals surface area contributed by atoms with Gasteiger partial charge in [0, 0.05) is 23.1 Å². The van der Waals surface area contributed by atoms with Crippen LogP contribution < -0.4 is 21.5 Å². The lowest BCUT2D eigenvalue weighted by Crippen LogP contribution is -2.10. The maximum atomic E-state index is 11.3. The zero-order valence-corrected chi connectivity index (χ0v) is 19.0. The number of aromatic amines is 1. The molecule has 0 fully saturated rings. The molecule has 2 aromatic carbocycles. The molecule has 1 amide bonds. The topological polar surface area (TPSA) is 158 Å². The fourth-order valence-electron chi connectivity index (χ4n) is 3.70. The number of hydrogen-bond donors (Lipinski definition) is 4. The van der Waals surface area contributed by atoms with Crippen LogP contribution in [0.2, 0.25) is 0 Å². The number of hydrogen-bond acceptors (Lipinski definition) is 8. The smallest absolute Gasteiger partial charge is 0.250 e. The van der Waals surface area contributed by atoms with Crippen LogP contribution >= 0.6 is 0 Å². The molecule has 0 bridgehead atoms. The summed E-state index contributed by atoms with van der Waals surface area (Å²) in [6.07, 6.45) is 3.02. The number of ether oxygens (including phenoxy) is 1. The van der Waals surface area contributed by atoms with Crippen LogP contribution in [-0.2, 0) is 0 Å². The van der Waals surface area contributed by atoms with E-state index in [1.165, 1.54) is 6.20 Å². The third-order valence-electron chi connectivity index (χ3n) is 5.42. The van der Waals surface area contributed by atoms with Gasteiger partial charge in [0.15, 0.2) is 5.65 Å². The van der Waals surface area contributed by atoms with Gasteiger partial charge in [-0.2, -0.15) is 9.97 Å². The number of carbonyl (C=O) groups excluding carboxylic acids is 1. The molecule has 10 nitrogen and oxygen atoms in total. The average Bonchev–Trinajstić information content (AvgIpc) is 3.31. The molecule has 0 unspecified atom stereocenters. The lowest BCUT2D eigenvalue weighted by molar-refractivity contribution is 0.1000. The number of amides is 1. The molecule has 0 spiro atoms. The molecule has 0 saturated carbocycles. The molecule has 0 aliphatic carbocycles. The molecule has 3 aromatic heterocycles. The Morgan fingerprint density at radius 2 is 1.74 bits per heavy atom. The fraction of sp³-hybridized carbons (Fsp3) is 0.0800. The van der Waals surface area contributed by atoms with Crippen molar-refractivity contribution in [1.82, 2.24) is 24.9 Å². The van der Waals surface area contributed by atoms with Crippen LogP contribution in [0, 0.1) is 13.8 Å². The van der Waals surface area contributed by atoms with Gasteiger partial charge in [-0.15, -0.1) is 0 Å². The second-order valence-corrected chi connectivity index (χ2v) is 8.04. The normalized spacial score (nSPS) is 10.9. The number of aromatic nitrogens is 5. The third kappa shape index (κ3) is 4.44. The highest BCUT2D eigenvalue weighted by Gasteiger charge is 2.16. The number of pyridine rings is 1. The van der Waals surface area contributed by atoms with E-state index in [9.17, 15) is 4.79 Å². The van der Waals surface area contributed by atoms with Gasteiger partial charge in [-0.3, -0.25) is 9.78 Å². The highest BCUT2D eigenvalue weighted by molar-refractivity contribution is 5.92. The lowest BCUT2D eigenvalue weighted by atomic mass is 10.0. The first-order chi connectivity index (χ1) is 16.9. The summed E-state index contributed by atoms with van der Waals surface area (Å²) in [7, 11) is 0. The molecule has 0 radical (unpaired) electrons. The molecule has 0 aliphatic rings. The van der Waals surface area contributed by atoms with E-state index >= 15 is 0 Å². The van der Waals surface area contributed by atoms with E-state index in [1.807, 2.05) is 38.1 Å². The summed E-state index contributed by atoms with van der Waals surface area (Å²) in [6.45, 7) is 3.89. The fourth-order valence-corrected chi connectivity index (χ4v) is 3.70. The number of benzene rings is 2. The van der Waals surface area contributed by atoms with E-state index in [1.54, 1.807) is 30.6 Å². The number of rotatable bonds is 6. The zero-order valence-electron chi connectivity index (χ0n) is 19.0. The Morgan fingerprint density at radius 3 is 2.40 bits per heavy atom. The predicted molar refractivity (Wildman–Crippen MR) is 134 cm³/mol. The molecule has 10 heteroatoms. The van der Waals surface area contributed by atoms with E-state index in [-0.39, 0.29) is 0 Å². The van der Waals surface area contributed by atoms with Crippen molar-refractivity contribution in [3.63, 3.8) is 0 Å². The van der Waals surface area contributed by atoms with Gasteiger partial charge in [0.05, 0.1) is 17.6 Å². The lowest BCUT2D eigenvalue weighted by Gasteiger charge is -2.14. The van der Waals surface area contributed by atoms with Crippen molar-refractivity contribution in [3.05, 3.63) is 77.7 Å². The molecule has 3 heterocycles. The number of anilines is 3. The Morgan fingerprint density at radius 1 is 1.00 bits per heavy atom. The van der Waals surface area contributed by atoms with E-state index in [0.717, 1.165) is 28.1 Å². The molecule has 174 valence electrons. The van der Waals surface area contributed by atoms with E-state index in [2.05, 4.69) is 30.2 Å². The maximum Gasteiger partial charge on any atom is 0.250 e. The molecule has 5 aromatic rings. The minimum absolute atomic E-state index is 0.341. The van der Waals surface area contributed by atoms with E-state index in [0.29, 0.717) is 40.0 Å². The summed E-state index contributed by atoms with van der Waals surface area (Å²) in [4.78, 5) is 32.0. The number of carbonyl (C=O) groups is 1. The first-order valence-corrected chi connectivity index (χ1v) is 10.8. The van der Waals surface area contributed by atoms with Gasteiger partial charge in [-0.1, -0.05) is 0 Å². The zero-order chi connectivity index (χ0) is 24.5. The number of aryl methyl sites for hydroxylation is 2. The SMILES string of the molecule is Cc1cc(-c2ccc(C(N)=O)cn2)cc(C)c1Oc1nc(Nc2ccc(N)cc2)nc2nc[nH]c12. The van der Waals surface area contributed by atoms with Gasteiger partial charge in [0.1, 0.15) is 11.3 Å². The highest BCUT2D eigenvalue weighted by Crippen LogP contribution is 2.34. The quantitative estimate of drug-likeness (QED) is 0.270. The molecule has 35 heavy (non-hydrogen) atoms. The minimum atomic E-state index is -0.514. The van der Waals surface area contributed by atoms with Crippen LogP contribution in [0.15, 0.2) is 61.1 Å². The Labute approximate surface area is 200 Å². The number of nitrogens with zero attached hydrogens (tertiary/aromatic N) is 4. The van der Waals surface area contributed by atoms with Crippen molar-refractivity contribution in [1.29, 1.82) is 0 Å². The second kappa shape index (κ2) is 8.75. The van der Waals surface area contributed by atoms with Crippen LogP contribution in [0.5, 0.6) is 11.6 Å². The van der Waals surface area contributed by atoms with Crippen molar-refractivity contribution in [2.75, 3.05) is 11.1 Å². The summed E-state index contributed by atoms with van der Waals surface area (Å²) < 4.78 is 6.29. The number of nitrogens with two attached hydrogens (primary N) is 2. The van der Waals surface area contributed by atoms with Gasteiger partial charge < -0.3 is 26.5 Å². The average molecular weight is 467 g/mol. The second-order valence-electron chi connectivity index (χ2n) is 8.04. The van der Waals surface area contributed by atoms with Crippen molar-refractivity contribution in [2.24, 2.45) is 5.73 Å². The minimum Gasteiger partial charge on any atom is -0.436 e. The Hall–Kier alpha value is -4.99. The molecule has 5 rings (SSSR count). The standard InChI is InChI=1S/C25H22N8O2/c1-13-9-16(19-8-3-15(11-28-19)22(27)34)10-14(2)21(13)35-24-20-23(30-12-29-20)32-25(33-24)31-18-6-4-17(26)5-7-18/h3-12H,26H2,1-2H3,(H2,27,34)(H2,29,30,31,32,33). The molecular weight excluding hydrogens is 444 g/mol. The van der Waals surface area contributed by atoms with Crippen LogP contribution in [-0.4, -0.2) is 30.8 Å². The van der Waals surface area contributed by atoms with E-state index < -0.39 is 5.91 Å². The van der Waals surface area contributed by atoms with Gasteiger partial charge in [-0.25, -0.2) is 4.98 Å². The van der Waals surface area contributed by atoms with Crippen molar-refractivity contribution in [2.45, 2.75) is 13.8 Å². The third-order valence-corrected chi connectivity index (χ3v) is 5.42. The van der Waals surface area contributed by atoms with Crippen molar-refractivity contribution in [3.8, 4) is 22.9 Å². The maximum absolute atomic E-state index is 11.3. The summed E-state index contributed by atoms with van der Waals surface area (Å²) in [5, 5.41) is 3.16. The summed E-state index contributed by atoms with van der Waals surface area (Å²) >= 11 is 0. The summed E-state index contributed by atoms with van der Waals surface area (Å²) in [5.41, 5.74) is 17.3. The van der Waals surface area contributed by atoms with Crippen LogP contribution in [0.25, 0.3) is 22.4 Å². The molecule has 0 atom stereocenters. The monoisotopic (exact) mass is 466 g/mol. The molecule has 6 N–H and O–H groups in total. The predicted octanol–water partition coefficient (Wildman–Crippen LogP) is 4.25. The molecule has 0 saturated heterocycles. The number of H-pyrrole nitrogens is 1. The summed E-state index contributed by atoms with van der Waals surface area (Å²) in [5.74, 6) is 0.833. The number of nitrogen functional groups attached to an aromatic ring is 1. The van der Waals surface area contributed by atoms with Crippen molar-refractivity contribution < 1.29 is 9.53 Å². The number of imidazole rings is 1. The Kier molecular flexibility index (Phi) is 5.46. The van der Waals surface area contributed by atoms with Crippen LogP contribution in [0.1, 0.15) is 21.5 Å². The van der Waals surface area contributed by atoms with Gasteiger partial charge in [0.2, 0.25) is 11.9 Å².